The molecule has 0 saturated carbocycles. The van der Waals surface area contributed by atoms with Gasteiger partial charge in [-0.2, -0.15) is 0 Å². The zero-order valence-electron chi connectivity index (χ0n) is 14.5. The van der Waals surface area contributed by atoms with Crippen molar-refractivity contribution in [3.05, 3.63) is 42.0 Å². The predicted molar refractivity (Wildman–Crippen MR) is 93.4 cm³/mol. The van der Waals surface area contributed by atoms with Gasteiger partial charge in [0, 0.05) is 18.0 Å². The molecule has 0 radical (unpaired) electrons. The van der Waals surface area contributed by atoms with E-state index in [1.165, 1.54) is 0 Å². The van der Waals surface area contributed by atoms with Crippen LogP contribution >= 0.6 is 0 Å². The average Bonchev–Trinajstić information content (AvgIpc) is 3.21. The summed E-state index contributed by atoms with van der Waals surface area (Å²) < 4.78 is 6.13. The number of amides is 1. The van der Waals surface area contributed by atoms with E-state index in [1.54, 1.807) is 6.92 Å². The Labute approximate surface area is 142 Å². The summed E-state index contributed by atoms with van der Waals surface area (Å²) in [6, 6.07) is 9.43. The number of rotatable bonds is 4. The van der Waals surface area contributed by atoms with Crippen molar-refractivity contribution in [1.29, 1.82) is 0 Å². The Bertz CT molecular complexity index is 707. The third-order valence-corrected chi connectivity index (χ3v) is 4.45. The number of nitrogens with two attached hydrogens (primary N) is 1. The van der Waals surface area contributed by atoms with E-state index in [9.17, 15) is 4.79 Å². The highest BCUT2D eigenvalue weighted by Crippen LogP contribution is 2.37. The first-order chi connectivity index (χ1) is 11.5. The van der Waals surface area contributed by atoms with E-state index >= 15 is 0 Å². The minimum Gasteiger partial charge on any atom is -0.442 e. The number of oxazole rings is 1. The van der Waals surface area contributed by atoms with Crippen LogP contribution in [-0.2, 0) is 4.79 Å². The molecule has 5 heteroatoms. The molecule has 0 aliphatic carbocycles. The van der Waals surface area contributed by atoms with E-state index in [0.717, 1.165) is 29.9 Å². The van der Waals surface area contributed by atoms with Gasteiger partial charge in [-0.15, -0.1) is 0 Å². The molecule has 2 aromatic rings. The molecule has 0 bridgehead atoms. The summed E-state index contributed by atoms with van der Waals surface area (Å²) in [6.45, 7) is 6.62. The number of carbonyl (C=O) groups is 1. The van der Waals surface area contributed by atoms with Gasteiger partial charge in [-0.1, -0.05) is 44.2 Å². The third kappa shape index (κ3) is 3.08. The van der Waals surface area contributed by atoms with Crippen molar-refractivity contribution < 1.29 is 9.21 Å². The van der Waals surface area contributed by atoms with Gasteiger partial charge < -0.3 is 15.1 Å². The van der Waals surface area contributed by atoms with Gasteiger partial charge >= 0.3 is 0 Å². The first-order valence-electron chi connectivity index (χ1n) is 8.61. The Morgan fingerprint density at radius 2 is 2.00 bits per heavy atom. The van der Waals surface area contributed by atoms with Crippen molar-refractivity contribution in [2.75, 3.05) is 6.54 Å². The van der Waals surface area contributed by atoms with Crippen LogP contribution in [0.5, 0.6) is 0 Å². The highest BCUT2D eigenvalue weighted by molar-refractivity contribution is 5.81. The Morgan fingerprint density at radius 1 is 1.29 bits per heavy atom. The average molecular weight is 327 g/mol. The zero-order chi connectivity index (χ0) is 17.3. The van der Waals surface area contributed by atoms with Crippen LogP contribution in [0.25, 0.3) is 11.3 Å². The smallest absolute Gasteiger partial charge is 0.239 e. The van der Waals surface area contributed by atoms with Crippen LogP contribution < -0.4 is 5.73 Å². The maximum Gasteiger partial charge on any atom is 0.239 e. The molecule has 24 heavy (non-hydrogen) atoms. The molecule has 1 aromatic carbocycles. The number of nitrogens with zero attached hydrogens (tertiary/aromatic N) is 2. The second kappa shape index (κ2) is 6.77. The van der Waals surface area contributed by atoms with Crippen LogP contribution in [0.3, 0.4) is 0 Å². The van der Waals surface area contributed by atoms with Crippen molar-refractivity contribution >= 4 is 5.91 Å². The molecule has 2 unspecified atom stereocenters. The molecule has 5 nitrogen and oxygen atoms in total. The summed E-state index contributed by atoms with van der Waals surface area (Å²) in [5, 5.41) is 0. The largest absolute Gasteiger partial charge is 0.442 e. The van der Waals surface area contributed by atoms with Crippen molar-refractivity contribution in [3.8, 4) is 11.3 Å². The lowest BCUT2D eigenvalue weighted by Gasteiger charge is -2.24. The lowest BCUT2D eigenvalue weighted by Crippen LogP contribution is -2.41. The van der Waals surface area contributed by atoms with Gasteiger partial charge in [0.25, 0.3) is 0 Å². The van der Waals surface area contributed by atoms with Gasteiger partial charge in [-0.3, -0.25) is 4.79 Å². The van der Waals surface area contributed by atoms with E-state index in [1.807, 2.05) is 35.2 Å². The molecule has 128 valence electrons. The van der Waals surface area contributed by atoms with Gasteiger partial charge in [-0.25, -0.2) is 4.98 Å². The highest BCUT2D eigenvalue weighted by atomic mass is 16.4. The SMILES string of the molecule is CC(N)C(=O)N1CCCC1c1nc(-c2ccccc2)c(C(C)C)o1. The molecule has 0 spiro atoms. The van der Waals surface area contributed by atoms with Crippen LogP contribution in [-0.4, -0.2) is 28.4 Å². The van der Waals surface area contributed by atoms with E-state index in [4.69, 9.17) is 15.1 Å². The molecule has 2 heterocycles. The van der Waals surface area contributed by atoms with Crippen molar-refractivity contribution in [2.24, 2.45) is 5.73 Å². The normalized spacial score (nSPS) is 19.0. The number of hydrogen-bond donors (Lipinski definition) is 1. The number of carbonyl (C=O) groups excluding carboxylic acids is 1. The standard InChI is InChI=1S/C19H25N3O2/c1-12(2)17-16(14-8-5-4-6-9-14)21-18(24-17)15-10-7-11-22(15)19(23)13(3)20/h4-6,8-9,12-13,15H,7,10-11,20H2,1-3H3. The summed E-state index contributed by atoms with van der Waals surface area (Å²) >= 11 is 0. The zero-order valence-corrected chi connectivity index (χ0v) is 14.5. The van der Waals surface area contributed by atoms with Gasteiger partial charge in [0.05, 0.1) is 6.04 Å². The number of hydrogen-bond acceptors (Lipinski definition) is 4. The topological polar surface area (TPSA) is 72.4 Å². The predicted octanol–water partition coefficient (Wildman–Crippen LogP) is 3.48. The van der Waals surface area contributed by atoms with Gasteiger partial charge in [0.1, 0.15) is 17.5 Å². The van der Waals surface area contributed by atoms with Crippen LogP contribution in [0.4, 0.5) is 0 Å². The second-order valence-electron chi connectivity index (χ2n) is 6.76. The lowest BCUT2D eigenvalue weighted by molar-refractivity contribution is -0.133. The lowest BCUT2D eigenvalue weighted by atomic mass is 10.0. The Morgan fingerprint density at radius 3 is 2.62 bits per heavy atom. The van der Waals surface area contributed by atoms with Gasteiger partial charge in [-0.05, 0) is 19.8 Å². The van der Waals surface area contributed by atoms with Crippen LogP contribution in [0, 0.1) is 0 Å². The fraction of sp³-hybridized carbons (Fsp3) is 0.474. The molecule has 1 aromatic heterocycles. The molecule has 1 aliphatic heterocycles. The van der Waals surface area contributed by atoms with Crippen LogP contribution in [0.1, 0.15) is 57.2 Å². The molecule has 2 atom stereocenters. The van der Waals surface area contributed by atoms with Crippen molar-refractivity contribution in [2.45, 2.75) is 51.6 Å². The molecule has 3 rings (SSSR count). The monoisotopic (exact) mass is 327 g/mol. The first kappa shape index (κ1) is 16.7. The summed E-state index contributed by atoms with van der Waals surface area (Å²) in [5.74, 6) is 1.68. The van der Waals surface area contributed by atoms with Gasteiger partial charge in [0.2, 0.25) is 11.8 Å². The fourth-order valence-electron chi connectivity index (χ4n) is 3.23. The first-order valence-corrected chi connectivity index (χ1v) is 8.61. The van der Waals surface area contributed by atoms with E-state index in [0.29, 0.717) is 12.4 Å². The minimum absolute atomic E-state index is 0.0388. The minimum atomic E-state index is -0.501. The molecule has 1 fully saturated rings. The van der Waals surface area contributed by atoms with Crippen molar-refractivity contribution in [1.82, 2.24) is 9.88 Å². The second-order valence-corrected chi connectivity index (χ2v) is 6.76. The molecular formula is C19H25N3O2. The summed E-state index contributed by atoms with van der Waals surface area (Å²) in [6.07, 6.45) is 1.81. The number of benzene rings is 1. The Hall–Kier alpha value is -2.14. The summed E-state index contributed by atoms with van der Waals surface area (Å²) in [4.78, 5) is 18.9. The molecule has 1 amide bonds. The van der Waals surface area contributed by atoms with Crippen molar-refractivity contribution in [3.63, 3.8) is 0 Å². The number of aromatic nitrogens is 1. The Kier molecular flexibility index (Phi) is 4.71. The van der Waals surface area contributed by atoms with E-state index in [-0.39, 0.29) is 17.9 Å². The van der Waals surface area contributed by atoms with Gasteiger partial charge in [0.15, 0.2) is 0 Å². The van der Waals surface area contributed by atoms with E-state index < -0.39 is 6.04 Å². The fourth-order valence-corrected chi connectivity index (χ4v) is 3.23. The molecule has 1 aliphatic rings. The maximum atomic E-state index is 12.4. The Balaban J connectivity index is 1.99. The quantitative estimate of drug-likeness (QED) is 0.933. The summed E-state index contributed by atoms with van der Waals surface area (Å²) in [5.41, 5.74) is 7.70. The molecular weight excluding hydrogens is 302 g/mol. The summed E-state index contributed by atoms with van der Waals surface area (Å²) in [7, 11) is 0. The van der Waals surface area contributed by atoms with Crippen LogP contribution in [0.2, 0.25) is 0 Å². The van der Waals surface area contributed by atoms with E-state index in [2.05, 4.69) is 13.8 Å². The highest BCUT2D eigenvalue weighted by Gasteiger charge is 2.35. The number of likely N-dealkylation sites (tertiary alicyclic amines) is 1. The molecule has 2 N–H and O–H groups in total. The third-order valence-electron chi connectivity index (χ3n) is 4.45. The van der Waals surface area contributed by atoms with Crippen LogP contribution in [0.15, 0.2) is 34.7 Å². The molecule has 1 saturated heterocycles. The maximum absolute atomic E-state index is 12.4.